The maximum Gasteiger partial charge on any atom is 0.164 e. The number of benzene rings is 6. The van der Waals surface area contributed by atoms with Crippen LogP contribution in [0.5, 0.6) is 11.5 Å². The fourth-order valence-electron chi connectivity index (χ4n) is 6.89. The molecule has 5 heteroatoms. The van der Waals surface area contributed by atoms with Crippen molar-refractivity contribution in [2.24, 2.45) is 0 Å². The molecule has 5 nitrogen and oxygen atoms in total. The second-order valence-corrected chi connectivity index (χ2v) is 12.4. The zero-order valence-electron chi connectivity index (χ0n) is 25.9. The van der Waals surface area contributed by atoms with E-state index in [4.69, 9.17) is 24.1 Å². The summed E-state index contributed by atoms with van der Waals surface area (Å²) in [4.78, 5) is 15.2. The van der Waals surface area contributed by atoms with Crippen molar-refractivity contribution in [2.45, 2.75) is 19.3 Å². The Morgan fingerprint density at radius 3 is 1.89 bits per heavy atom. The SMILES string of the molecule is CC1(C)c2ccccc2Oc2cccc(-c3nc(-c4ccccc4)nc(-c4ccc(-c5cccc6c5oc5ccccc56)cc4)n3)c21. The molecule has 0 N–H and O–H groups in total. The molecule has 0 atom stereocenters. The quantitative estimate of drug-likeness (QED) is 0.199. The zero-order chi connectivity index (χ0) is 31.5. The number of hydrogen-bond acceptors (Lipinski definition) is 5. The molecule has 0 bridgehead atoms. The Labute approximate surface area is 272 Å². The molecule has 0 unspecified atom stereocenters. The number of rotatable bonds is 4. The highest BCUT2D eigenvalue weighted by molar-refractivity contribution is 6.09. The first kappa shape index (κ1) is 27.3. The van der Waals surface area contributed by atoms with Gasteiger partial charge in [-0.3, -0.25) is 0 Å². The number of fused-ring (bicyclic) bond motifs is 5. The third kappa shape index (κ3) is 4.43. The molecule has 1 aliphatic rings. The summed E-state index contributed by atoms with van der Waals surface area (Å²) in [6.45, 7) is 4.47. The average Bonchev–Trinajstić information content (AvgIpc) is 3.51. The number of furan rings is 1. The smallest absolute Gasteiger partial charge is 0.164 e. The van der Waals surface area contributed by atoms with Gasteiger partial charge in [-0.25, -0.2) is 15.0 Å². The Kier molecular flexibility index (Phi) is 6.09. The Balaban J connectivity index is 1.18. The molecule has 2 aromatic heterocycles. The van der Waals surface area contributed by atoms with Crippen LogP contribution in [0.25, 0.3) is 67.2 Å². The third-order valence-corrected chi connectivity index (χ3v) is 9.20. The van der Waals surface area contributed by atoms with Crippen molar-refractivity contribution >= 4 is 21.9 Å². The molecule has 0 saturated heterocycles. The van der Waals surface area contributed by atoms with Crippen molar-refractivity contribution < 1.29 is 9.15 Å². The van der Waals surface area contributed by atoms with E-state index in [9.17, 15) is 0 Å². The van der Waals surface area contributed by atoms with Gasteiger partial charge in [0.05, 0.1) is 0 Å². The van der Waals surface area contributed by atoms with Crippen LogP contribution in [0, 0.1) is 0 Å². The molecule has 224 valence electrons. The Morgan fingerprint density at radius 2 is 1.06 bits per heavy atom. The molecule has 0 fully saturated rings. The van der Waals surface area contributed by atoms with Gasteiger partial charge >= 0.3 is 0 Å². The maximum absolute atomic E-state index is 6.43. The van der Waals surface area contributed by atoms with Crippen molar-refractivity contribution in [3.05, 3.63) is 151 Å². The van der Waals surface area contributed by atoms with Crippen molar-refractivity contribution in [1.29, 1.82) is 0 Å². The lowest BCUT2D eigenvalue weighted by molar-refractivity contribution is 0.418. The first-order chi connectivity index (χ1) is 23.0. The van der Waals surface area contributed by atoms with Gasteiger partial charge in [-0.05, 0) is 23.8 Å². The van der Waals surface area contributed by atoms with Gasteiger partial charge in [0.1, 0.15) is 22.7 Å². The molecule has 0 saturated carbocycles. The summed E-state index contributed by atoms with van der Waals surface area (Å²) in [5.41, 5.74) is 8.49. The van der Waals surface area contributed by atoms with Crippen LogP contribution in [-0.2, 0) is 5.41 Å². The fourth-order valence-corrected chi connectivity index (χ4v) is 6.89. The van der Waals surface area contributed by atoms with Gasteiger partial charge in [0.25, 0.3) is 0 Å². The minimum atomic E-state index is -0.334. The highest BCUT2D eigenvalue weighted by Crippen LogP contribution is 2.51. The summed E-state index contributed by atoms with van der Waals surface area (Å²) in [5.74, 6) is 3.53. The topological polar surface area (TPSA) is 61.0 Å². The molecule has 47 heavy (non-hydrogen) atoms. The summed E-state index contributed by atoms with van der Waals surface area (Å²) >= 11 is 0. The van der Waals surface area contributed by atoms with Gasteiger partial charge in [-0.2, -0.15) is 0 Å². The number of nitrogens with zero attached hydrogens (tertiary/aromatic N) is 3. The van der Waals surface area contributed by atoms with Crippen molar-refractivity contribution in [3.8, 4) is 56.8 Å². The fraction of sp³-hybridized carbons (Fsp3) is 0.0714. The van der Waals surface area contributed by atoms with E-state index in [-0.39, 0.29) is 5.41 Å². The van der Waals surface area contributed by atoms with E-state index >= 15 is 0 Å². The normalized spacial score (nSPS) is 13.2. The lowest BCUT2D eigenvalue weighted by atomic mass is 9.73. The van der Waals surface area contributed by atoms with E-state index in [1.54, 1.807) is 0 Å². The van der Waals surface area contributed by atoms with E-state index < -0.39 is 0 Å². The van der Waals surface area contributed by atoms with Crippen LogP contribution >= 0.6 is 0 Å². The first-order valence-electron chi connectivity index (χ1n) is 15.8. The molecule has 0 aliphatic carbocycles. The first-order valence-corrected chi connectivity index (χ1v) is 15.8. The van der Waals surface area contributed by atoms with E-state index in [1.807, 2.05) is 72.8 Å². The van der Waals surface area contributed by atoms with Gasteiger partial charge < -0.3 is 9.15 Å². The molecule has 8 aromatic rings. The summed E-state index contributed by atoms with van der Waals surface area (Å²) in [7, 11) is 0. The van der Waals surface area contributed by atoms with Crippen LogP contribution in [0.4, 0.5) is 0 Å². The summed E-state index contributed by atoms with van der Waals surface area (Å²) in [5, 5.41) is 2.23. The molecule has 1 aliphatic heterocycles. The highest BCUT2D eigenvalue weighted by Gasteiger charge is 2.37. The predicted molar refractivity (Wildman–Crippen MR) is 187 cm³/mol. The van der Waals surface area contributed by atoms with Gasteiger partial charge in [0.2, 0.25) is 0 Å². The van der Waals surface area contributed by atoms with Crippen LogP contribution in [0.3, 0.4) is 0 Å². The number of aromatic nitrogens is 3. The second kappa shape index (κ2) is 10.5. The Hall–Kier alpha value is -6.07. The molecule has 9 rings (SSSR count). The van der Waals surface area contributed by atoms with Crippen LogP contribution < -0.4 is 4.74 Å². The van der Waals surface area contributed by atoms with E-state index in [0.717, 1.165) is 72.4 Å². The van der Waals surface area contributed by atoms with Crippen LogP contribution in [-0.4, -0.2) is 15.0 Å². The van der Waals surface area contributed by atoms with Gasteiger partial charge in [-0.15, -0.1) is 0 Å². The molecular formula is C42H29N3O2. The average molecular weight is 608 g/mol. The van der Waals surface area contributed by atoms with Gasteiger partial charge in [0.15, 0.2) is 17.5 Å². The summed E-state index contributed by atoms with van der Waals surface area (Å²) in [6.07, 6.45) is 0. The molecule has 3 heterocycles. The third-order valence-electron chi connectivity index (χ3n) is 9.20. The monoisotopic (exact) mass is 607 g/mol. The maximum atomic E-state index is 6.43. The lowest BCUT2D eigenvalue weighted by Crippen LogP contribution is -2.25. The molecule has 0 spiro atoms. The van der Waals surface area contributed by atoms with Gasteiger partial charge in [0, 0.05) is 49.6 Å². The molecular weight excluding hydrogens is 578 g/mol. The lowest BCUT2D eigenvalue weighted by Gasteiger charge is -2.35. The van der Waals surface area contributed by atoms with E-state index in [0.29, 0.717) is 17.5 Å². The number of para-hydroxylation sites is 3. The largest absolute Gasteiger partial charge is 0.457 e. The number of hydrogen-bond donors (Lipinski definition) is 0. The number of ether oxygens (including phenoxy) is 1. The van der Waals surface area contributed by atoms with Crippen LogP contribution in [0.1, 0.15) is 25.0 Å². The minimum absolute atomic E-state index is 0.334. The van der Waals surface area contributed by atoms with Crippen LogP contribution in [0.15, 0.2) is 144 Å². The van der Waals surface area contributed by atoms with E-state index in [2.05, 4.69) is 80.6 Å². The zero-order valence-corrected chi connectivity index (χ0v) is 25.9. The molecule has 6 aromatic carbocycles. The minimum Gasteiger partial charge on any atom is -0.457 e. The molecule has 0 amide bonds. The van der Waals surface area contributed by atoms with Crippen molar-refractivity contribution in [3.63, 3.8) is 0 Å². The second-order valence-electron chi connectivity index (χ2n) is 12.4. The van der Waals surface area contributed by atoms with Gasteiger partial charge in [-0.1, -0.05) is 135 Å². The Morgan fingerprint density at radius 1 is 0.468 bits per heavy atom. The summed E-state index contributed by atoms with van der Waals surface area (Å²) in [6, 6.07) is 47.3. The predicted octanol–water partition coefficient (Wildman–Crippen LogP) is 10.9. The van der Waals surface area contributed by atoms with Crippen molar-refractivity contribution in [2.75, 3.05) is 0 Å². The highest BCUT2D eigenvalue weighted by atomic mass is 16.5. The summed E-state index contributed by atoms with van der Waals surface area (Å²) < 4.78 is 12.8. The standard InChI is InChI=1S/C42H29N3O2/c1-42(2)33-18-7-9-20-35(33)46-36-21-11-17-32(37(36)42)41-44-39(27-12-4-3-5-13-27)43-40(45-41)28-24-22-26(23-25-28)29-15-10-16-31-30-14-6-8-19-34(30)47-38(29)31/h3-25H,1-2H3. The molecule has 0 radical (unpaired) electrons. The van der Waals surface area contributed by atoms with Crippen LogP contribution in [0.2, 0.25) is 0 Å². The van der Waals surface area contributed by atoms with E-state index in [1.165, 1.54) is 0 Å². The van der Waals surface area contributed by atoms with Crippen molar-refractivity contribution in [1.82, 2.24) is 15.0 Å². The Bertz CT molecular complexity index is 2460.